The van der Waals surface area contributed by atoms with Gasteiger partial charge in [0.15, 0.2) is 34.4 Å². The van der Waals surface area contributed by atoms with Crippen LogP contribution in [0.3, 0.4) is 0 Å². The van der Waals surface area contributed by atoms with E-state index in [1.807, 2.05) is 56.7 Å². The second-order valence-corrected chi connectivity index (χ2v) is 7.98. The molecule has 0 fully saturated rings. The predicted octanol–water partition coefficient (Wildman–Crippen LogP) is 3.69. The fraction of sp³-hybridized carbons (Fsp3) is 0.444. The molecule has 0 amide bonds. The van der Waals surface area contributed by atoms with Crippen LogP contribution in [0, 0.1) is 0 Å². The molecule has 0 N–H and O–H groups in total. The molecule has 2 atom stereocenters. The van der Waals surface area contributed by atoms with Gasteiger partial charge < -0.3 is 18.6 Å². The van der Waals surface area contributed by atoms with Gasteiger partial charge in [-0.05, 0) is 19.1 Å². The highest BCUT2D eigenvalue weighted by Gasteiger charge is 2.28. The zero-order chi connectivity index (χ0) is 19.0. The van der Waals surface area contributed by atoms with Gasteiger partial charge in [-0.1, -0.05) is 42.9 Å². The summed E-state index contributed by atoms with van der Waals surface area (Å²) in [5.74, 6) is 3.70. The van der Waals surface area contributed by atoms with Crippen LogP contribution in [0.4, 0.5) is 0 Å². The van der Waals surface area contributed by atoms with Crippen LogP contribution in [-0.2, 0) is 7.05 Å². The number of rotatable bonds is 5. The van der Waals surface area contributed by atoms with Gasteiger partial charge in [-0.2, -0.15) is 4.98 Å². The van der Waals surface area contributed by atoms with E-state index in [4.69, 9.17) is 14.0 Å². The summed E-state index contributed by atoms with van der Waals surface area (Å²) >= 11 is 1.52. The van der Waals surface area contributed by atoms with E-state index in [0.717, 1.165) is 10.9 Å². The summed E-state index contributed by atoms with van der Waals surface area (Å²) in [6, 6.07) is 7.61. The van der Waals surface area contributed by atoms with Gasteiger partial charge in [0.25, 0.3) is 0 Å². The highest BCUT2D eigenvalue weighted by Crippen LogP contribution is 2.37. The first-order valence-electron chi connectivity index (χ1n) is 8.81. The lowest BCUT2D eigenvalue weighted by molar-refractivity contribution is 0.0825. The third kappa shape index (κ3) is 3.51. The maximum Gasteiger partial charge on any atom is 0.239 e. The van der Waals surface area contributed by atoms with Crippen molar-refractivity contribution >= 4 is 11.8 Å². The Morgan fingerprint density at radius 2 is 1.93 bits per heavy atom. The molecule has 4 rings (SSSR count). The van der Waals surface area contributed by atoms with E-state index < -0.39 is 0 Å². The molecule has 142 valence electrons. The molecular weight excluding hydrogens is 366 g/mol. The predicted molar refractivity (Wildman–Crippen MR) is 99.0 cm³/mol. The van der Waals surface area contributed by atoms with Crippen LogP contribution >= 0.6 is 11.8 Å². The molecule has 8 nitrogen and oxygen atoms in total. The van der Waals surface area contributed by atoms with Gasteiger partial charge in [-0.15, -0.1) is 10.2 Å². The molecule has 0 aliphatic carbocycles. The van der Waals surface area contributed by atoms with E-state index in [0.29, 0.717) is 29.9 Å². The maximum atomic E-state index is 6.03. The van der Waals surface area contributed by atoms with Crippen LogP contribution in [0.15, 0.2) is 33.9 Å². The van der Waals surface area contributed by atoms with Gasteiger partial charge in [-0.3, -0.25) is 0 Å². The quantitative estimate of drug-likeness (QED) is 0.613. The van der Waals surface area contributed by atoms with Crippen molar-refractivity contribution in [1.29, 1.82) is 0 Å². The number of hydrogen-bond donors (Lipinski definition) is 0. The topological polar surface area (TPSA) is 88.1 Å². The minimum Gasteiger partial charge on any atom is -0.485 e. The molecule has 1 aliphatic heterocycles. The molecule has 1 aliphatic rings. The fourth-order valence-corrected chi connectivity index (χ4v) is 3.56. The Kier molecular flexibility index (Phi) is 4.77. The molecule has 3 aromatic rings. The lowest BCUT2D eigenvalue weighted by Gasteiger charge is -2.25. The summed E-state index contributed by atoms with van der Waals surface area (Å²) in [6.07, 6.45) is -0.307. The highest BCUT2D eigenvalue weighted by atomic mass is 32.2. The molecule has 3 heterocycles. The van der Waals surface area contributed by atoms with Crippen LogP contribution < -0.4 is 9.47 Å². The summed E-state index contributed by atoms with van der Waals surface area (Å²) in [6.45, 7) is 6.47. The minimum atomic E-state index is -0.307. The summed E-state index contributed by atoms with van der Waals surface area (Å²) in [4.78, 5) is 4.46. The van der Waals surface area contributed by atoms with Crippen molar-refractivity contribution in [2.24, 2.45) is 7.05 Å². The third-order valence-electron chi connectivity index (χ3n) is 4.27. The average molecular weight is 387 g/mol. The second-order valence-electron chi connectivity index (χ2n) is 6.67. The van der Waals surface area contributed by atoms with Crippen LogP contribution in [0.1, 0.15) is 55.6 Å². The van der Waals surface area contributed by atoms with Gasteiger partial charge in [0.1, 0.15) is 6.61 Å². The number of thioether (sulfide) groups is 1. The first kappa shape index (κ1) is 17.8. The minimum absolute atomic E-state index is 0.0370. The summed E-state index contributed by atoms with van der Waals surface area (Å²) in [5, 5.41) is 13.4. The van der Waals surface area contributed by atoms with E-state index in [1.165, 1.54) is 11.8 Å². The zero-order valence-corrected chi connectivity index (χ0v) is 16.4. The number of hydrogen-bond acceptors (Lipinski definition) is 8. The van der Waals surface area contributed by atoms with Crippen LogP contribution in [0.2, 0.25) is 0 Å². The second kappa shape index (κ2) is 7.22. The fourth-order valence-electron chi connectivity index (χ4n) is 2.71. The summed E-state index contributed by atoms with van der Waals surface area (Å²) < 4.78 is 19.1. The molecule has 0 radical (unpaired) electrons. The van der Waals surface area contributed by atoms with E-state index in [9.17, 15) is 0 Å². The van der Waals surface area contributed by atoms with Gasteiger partial charge >= 0.3 is 0 Å². The Morgan fingerprint density at radius 1 is 1.15 bits per heavy atom. The molecule has 0 saturated carbocycles. The number of aromatic nitrogens is 5. The smallest absolute Gasteiger partial charge is 0.239 e. The van der Waals surface area contributed by atoms with Crippen LogP contribution in [0.5, 0.6) is 11.5 Å². The van der Waals surface area contributed by atoms with Gasteiger partial charge in [-0.25, -0.2) is 0 Å². The number of ether oxygens (including phenoxy) is 2. The van der Waals surface area contributed by atoms with Crippen molar-refractivity contribution < 1.29 is 14.0 Å². The zero-order valence-electron chi connectivity index (χ0n) is 15.6. The number of para-hydroxylation sites is 2. The van der Waals surface area contributed by atoms with Gasteiger partial charge in [0.05, 0.1) is 5.25 Å². The van der Waals surface area contributed by atoms with Crippen molar-refractivity contribution in [2.45, 2.75) is 43.2 Å². The number of fused-ring (bicyclic) bond motifs is 1. The molecule has 0 bridgehead atoms. The first-order chi connectivity index (χ1) is 13.0. The Labute approximate surface area is 161 Å². The summed E-state index contributed by atoms with van der Waals surface area (Å²) in [7, 11) is 1.92. The van der Waals surface area contributed by atoms with E-state index in [1.54, 1.807) is 0 Å². The lowest BCUT2D eigenvalue weighted by atomic mass is 10.2. The molecule has 9 heteroatoms. The standard InChI is InChI=1S/C18H21N5O3S/c1-10(2)15-19-17(26-22-15)11(3)27-18-21-20-16(23(18)4)14-9-24-12-7-5-6-8-13(12)25-14/h5-8,10-11,14H,9H2,1-4H3. The van der Waals surface area contributed by atoms with Crippen molar-refractivity contribution in [3.05, 3.63) is 41.8 Å². The molecule has 2 unspecified atom stereocenters. The third-order valence-corrected chi connectivity index (χ3v) is 5.39. The highest BCUT2D eigenvalue weighted by molar-refractivity contribution is 7.99. The number of nitrogens with zero attached hydrogens (tertiary/aromatic N) is 5. The van der Waals surface area contributed by atoms with Crippen LogP contribution in [-0.4, -0.2) is 31.5 Å². The molecule has 27 heavy (non-hydrogen) atoms. The molecule has 0 saturated heterocycles. The maximum absolute atomic E-state index is 6.03. The Bertz CT molecular complexity index is 939. The molecule has 0 spiro atoms. The van der Waals surface area contributed by atoms with E-state index in [-0.39, 0.29) is 17.3 Å². The van der Waals surface area contributed by atoms with E-state index >= 15 is 0 Å². The Hall–Kier alpha value is -2.55. The molecule has 2 aromatic heterocycles. The normalized spacial score (nSPS) is 17.3. The van der Waals surface area contributed by atoms with Crippen molar-refractivity contribution in [1.82, 2.24) is 24.9 Å². The van der Waals surface area contributed by atoms with Crippen molar-refractivity contribution in [2.75, 3.05) is 6.61 Å². The molecule has 1 aromatic carbocycles. The monoisotopic (exact) mass is 387 g/mol. The van der Waals surface area contributed by atoms with Crippen molar-refractivity contribution in [3.63, 3.8) is 0 Å². The first-order valence-corrected chi connectivity index (χ1v) is 9.68. The average Bonchev–Trinajstić information content (AvgIpc) is 3.29. The largest absolute Gasteiger partial charge is 0.485 e. The summed E-state index contributed by atoms with van der Waals surface area (Å²) in [5.41, 5.74) is 0. The Balaban J connectivity index is 1.49. The van der Waals surface area contributed by atoms with Crippen LogP contribution in [0.25, 0.3) is 0 Å². The SMILES string of the molecule is CC(C)c1noc(C(C)Sc2nnc(C3COc4ccccc4O3)n2C)n1. The van der Waals surface area contributed by atoms with Gasteiger partial charge in [0, 0.05) is 13.0 Å². The van der Waals surface area contributed by atoms with Gasteiger partial charge in [0.2, 0.25) is 5.89 Å². The van der Waals surface area contributed by atoms with Crippen molar-refractivity contribution in [3.8, 4) is 11.5 Å². The molecular formula is C18H21N5O3S. The lowest BCUT2D eigenvalue weighted by Crippen LogP contribution is -2.24. The Morgan fingerprint density at radius 3 is 2.67 bits per heavy atom. The van der Waals surface area contributed by atoms with E-state index in [2.05, 4.69) is 20.3 Å². The number of benzene rings is 1.